The highest BCUT2D eigenvalue weighted by Crippen LogP contribution is 2.35. The average Bonchev–Trinajstić information content (AvgIpc) is 2.91. The van der Waals surface area contributed by atoms with Gasteiger partial charge in [0, 0.05) is 19.5 Å². The number of anilines is 2. The number of aryl methyl sites for hydroxylation is 1. The van der Waals surface area contributed by atoms with Crippen LogP contribution in [0.15, 0.2) is 42.5 Å². The number of hydrogen-bond donors (Lipinski definition) is 2. The van der Waals surface area contributed by atoms with Gasteiger partial charge in [0.1, 0.15) is 5.75 Å². The minimum Gasteiger partial charge on any atom is -0.478 e. The molecule has 0 saturated carbocycles. The lowest BCUT2D eigenvalue weighted by atomic mass is 10.1. The van der Waals surface area contributed by atoms with Crippen LogP contribution in [-0.2, 0) is 14.8 Å². The van der Waals surface area contributed by atoms with Crippen LogP contribution in [0.4, 0.5) is 11.4 Å². The molecule has 0 bridgehead atoms. The summed E-state index contributed by atoms with van der Waals surface area (Å²) in [7, 11) is -3.55. The van der Waals surface area contributed by atoms with Gasteiger partial charge in [0.25, 0.3) is 11.8 Å². The Labute approximate surface area is 182 Å². The summed E-state index contributed by atoms with van der Waals surface area (Å²) >= 11 is 0. The fourth-order valence-corrected chi connectivity index (χ4v) is 4.29. The molecule has 2 aromatic carbocycles. The van der Waals surface area contributed by atoms with Crippen molar-refractivity contribution in [2.45, 2.75) is 32.8 Å². The lowest BCUT2D eigenvalue weighted by molar-refractivity contribution is -0.122. The molecule has 0 radical (unpaired) electrons. The van der Waals surface area contributed by atoms with Crippen molar-refractivity contribution in [1.82, 2.24) is 5.32 Å². The fraction of sp³-hybridized carbons (Fsp3) is 0.364. The molecule has 8 nitrogen and oxygen atoms in total. The van der Waals surface area contributed by atoms with Crippen LogP contribution in [0.3, 0.4) is 0 Å². The van der Waals surface area contributed by atoms with Crippen LogP contribution in [0.2, 0.25) is 0 Å². The van der Waals surface area contributed by atoms with E-state index in [9.17, 15) is 18.0 Å². The molecule has 2 amide bonds. The zero-order valence-corrected chi connectivity index (χ0v) is 18.7. The number of amides is 2. The molecule has 1 heterocycles. The molecule has 3 rings (SSSR count). The maximum absolute atomic E-state index is 13.0. The topological polar surface area (TPSA) is 105 Å². The van der Waals surface area contributed by atoms with Crippen LogP contribution in [0.25, 0.3) is 0 Å². The van der Waals surface area contributed by atoms with Crippen molar-refractivity contribution in [2.24, 2.45) is 0 Å². The van der Waals surface area contributed by atoms with Gasteiger partial charge in [-0.25, -0.2) is 8.42 Å². The molecule has 0 saturated heterocycles. The summed E-state index contributed by atoms with van der Waals surface area (Å²) in [4.78, 5) is 25.4. The van der Waals surface area contributed by atoms with Crippen molar-refractivity contribution in [3.63, 3.8) is 0 Å². The van der Waals surface area contributed by atoms with Gasteiger partial charge in [-0.2, -0.15) is 0 Å². The first kappa shape index (κ1) is 22.6. The SMILES string of the molecule is CCCNC(=O)c1ccccc1NC(=O)C1CCN(S(C)(=O)=O)c2cc(C)ccc2O1. The lowest BCUT2D eigenvalue weighted by Crippen LogP contribution is -2.36. The minimum atomic E-state index is -3.55. The number of fused-ring (bicyclic) bond motifs is 1. The first-order chi connectivity index (χ1) is 14.7. The van der Waals surface area contributed by atoms with Gasteiger partial charge in [0.2, 0.25) is 10.0 Å². The highest BCUT2D eigenvalue weighted by Gasteiger charge is 2.31. The lowest BCUT2D eigenvalue weighted by Gasteiger charge is -2.21. The minimum absolute atomic E-state index is 0.103. The second-order valence-corrected chi connectivity index (χ2v) is 9.40. The Bertz CT molecular complexity index is 1080. The van der Waals surface area contributed by atoms with Gasteiger partial charge < -0.3 is 15.4 Å². The van der Waals surface area contributed by atoms with E-state index < -0.39 is 22.0 Å². The van der Waals surface area contributed by atoms with Gasteiger partial charge in [-0.3, -0.25) is 13.9 Å². The van der Waals surface area contributed by atoms with E-state index in [1.165, 1.54) is 4.31 Å². The van der Waals surface area contributed by atoms with Gasteiger partial charge in [-0.15, -0.1) is 0 Å². The molecule has 31 heavy (non-hydrogen) atoms. The van der Waals surface area contributed by atoms with Crippen LogP contribution in [0.1, 0.15) is 35.7 Å². The van der Waals surface area contributed by atoms with Crippen molar-refractivity contribution in [1.29, 1.82) is 0 Å². The summed E-state index contributed by atoms with van der Waals surface area (Å²) in [6.07, 6.45) is 1.17. The van der Waals surface area contributed by atoms with Crippen molar-refractivity contribution in [2.75, 3.05) is 29.0 Å². The van der Waals surface area contributed by atoms with E-state index in [4.69, 9.17) is 4.74 Å². The molecular weight excluding hydrogens is 418 g/mol. The molecule has 1 aliphatic rings. The first-order valence-corrected chi connectivity index (χ1v) is 12.0. The number of hydrogen-bond acceptors (Lipinski definition) is 5. The van der Waals surface area contributed by atoms with E-state index in [0.29, 0.717) is 29.2 Å². The average molecular weight is 446 g/mol. The van der Waals surface area contributed by atoms with Crippen LogP contribution >= 0.6 is 0 Å². The zero-order valence-electron chi connectivity index (χ0n) is 17.8. The maximum Gasteiger partial charge on any atom is 0.265 e. The van der Waals surface area contributed by atoms with Crippen molar-refractivity contribution >= 4 is 33.2 Å². The Balaban J connectivity index is 1.84. The Morgan fingerprint density at radius 2 is 1.94 bits per heavy atom. The largest absolute Gasteiger partial charge is 0.478 e. The van der Waals surface area contributed by atoms with Gasteiger partial charge >= 0.3 is 0 Å². The van der Waals surface area contributed by atoms with Gasteiger partial charge in [0.15, 0.2) is 6.10 Å². The summed E-state index contributed by atoms with van der Waals surface area (Å²) < 4.78 is 31.8. The zero-order chi connectivity index (χ0) is 22.6. The number of sulfonamides is 1. The fourth-order valence-electron chi connectivity index (χ4n) is 3.36. The Morgan fingerprint density at radius 1 is 1.19 bits per heavy atom. The van der Waals surface area contributed by atoms with Crippen LogP contribution in [0, 0.1) is 6.92 Å². The molecule has 0 aliphatic carbocycles. The second-order valence-electron chi connectivity index (χ2n) is 7.49. The van der Waals surface area contributed by atoms with Crippen molar-refractivity contribution in [3.8, 4) is 5.75 Å². The van der Waals surface area contributed by atoms with E-state index in [1.54, 1.807) is 42.5 Å². The third-order valence-electron chi connectivity index (χ3n) is 4.90. The van der Waals surface area contributed by atoms with Gasteiger partial charge in [0.05, 0.1) is 23.2 Å². The van der Waals surface area contributed by atoms with Crippen LogP contribution in [0.5, 0.6) is 5.75 Å². The second kappa shape index (κ2) is 9.38. The number of carbonyl (C=O) groups excluding carboxylic acids is 2. The number of nitrogens with zero attached hydrogens (tertiary/aromatic N) is 1. The summed E-state index contributed by atoms with van der Waals surface area (Å²) in [5.74, 6) is -0.399. The summed E-state index contributed by atoms with van der Waals surface area (Å²) in [6, 6.07) is 11.9. The monoisotopic (exact) mass is 445 g/mol. The molecular formula is C22H27N3O5S. The molecule has 1 unspecified atom stereocenters. The van der Waals surface area contributed by atoms with E-state index in [1.807, 2.05) is 13.8 Å². The number of carbonyl (C=O) groups is 2. The predicted octanol–water partition coefficient (Wildman–Crippen LogP) is 2.69. The number of nitrogens with one attached hydrogen (secondary N) is 2. The molecule has 0 aromatic heterocycles. The highest BCUT2D eigenvalue weighted by atomic mass is 32.2. The summed E-state index contributed by atoms with van der Waals surface area (Å²) in [6.45, 7) is 4.45. The molecule has 9 heteroatoms. The number of benzene rings is 2. The Kier molecular flexibility index (Phi) is 6.84. The third-order valence-corrected chi connectivity index (χ3v) is 6.08. The highest BCUT2D eigenvalue weighted by molar-refractivity contribution is 7.92. The predicted molar refractivity (Wildman–Crippen MR) is 120 cm³/mol. The molecule has 0 fully saturated rings. The van der Waals surface area contributed by atoms with Crippen LogP contribution < -0.4 is 19.7 Å². The summed E-state index contributed by atoms with van der Waals surface area (Å²) in [5.41, 5.74) is 2.02. The van der Waals surface area contributed by atoms with E-state index in [-0.39, 0.29) is 18.9 Å². The molecule has 1 aliphatic heterocycles. The van der Waals surface area contributed by atoms with Gasteiger partial charge in [-0.1, -0.05) is 25.1 Å². The number of para-hydroxylation sites is 1. The first-order valence-electron chi connectivity index (χ1n) is 10.1. The Morgan fingerprint density at radius 3 is 2.65 bits per heavy atom. The third kappa shape index (κ3) is 5.35. The maximum atomic E-state index is 13.0. The Hall–Kier alpha value is -3.07. The summed E-state index contributed by atoms with van der Waals surface area (Å²) in [5, 5.41) is 5.57. The van der Waals surface area contributed by atoms with Gasteiger partial charge in [-0.05, 0) is 43.2 Å². The standard InChI is InChI=1S/C22H27N3O5S/c1-4-12-23-21(26)16-7-5-6-8-17(16)24-22(27)20-11-13-25(31(3,28)29)18-14-15(2)9-10-19(18)30-20/h5-10,14,20H,4,11-13H2,1-3H3,(H,23,26)(H,24,27). The molecule has 2 N–H and O–H groups in total. The smallest absolute Gasteiger partial charge is 0.265 e. The van der Waals surface area contributed by atoms with Crippen molar-refractivity contribution < 1.29 is 22.7 Å². The van der Waals surface area contributed by atoms with Crippen LogP contribution in [-0.4, -0.2) is 45.7 Å². The molecule has 2 aromatic rings. The number of rotatable bonds is 6. The van der Waals surface area contributed by atoms with E-state index in [2.05, 4.69) is 10.6 Å². The quantitative estimate of drug-likeness (QED) is 0.711. The molecule has 1 atom stereocenters. The van der Waals surface area contributed by atoms with Crippen molar-refractivity contribution in [3.05, 3.63) is 53.6 Å². The molecule has 0 spiro atoms. The van der Waals surface area contributed by atoms with E-state index >= 15 is 0 Å². The normalized spacial score (nSPS) is 16.0. The number of ether oxygens (including phenoxy) is 1. The molecule has 166 valence electrons. The van der Waals surface area contributed by atoms with E-state index in [0.717, 1.165) is 18.2 Å².